The van der Waals surface area contributed by atoms with Crippen LogP contribution >= 0.6 is 0 Å². The van der Waals surface area contributed by atoms with Gasteiger partial charge < -0.3 is 9.84 Å². The summed E-state index contributed by atoms with van der Waals surface area (Å²) in [6.45, 7) is 1.58. The van der Waals surface area contributed by atoms with Gasteiger partial charge in [-0.2, -0.15) is 0 Å². The molecule has 0 fully saturated rings. The fourth-order valence-corrected chi connectivity index (χ4v) is 2.10. The molecule has 0 saturated carbocycles. The van der Waals surface area contributed by atoms with Crippen LogP contribution in [-0.4, -0.2) is 31.9 Å². The topological polar surface area (TPSA) is 80.7 Å². The zero-order valence-electron chi connectivity index (χ0n) is 9.42. The average Bonchev–Trinajstić information content (AvgIpc) is 2.29. The number of hydrogen-bond donors (Lipinski definition) is 1. The maximum atomic E-state index is 11.6. The monoisotopic (exact) mass is 258 g/mol. The van der Waals surface area contributed by atoms with E-state index >= 15 is 0 Å². The van der Waals surface area contributed by atoms with Crippen molar-refractivity contribution in [3.05, 3.63) is 24.3 Å². The van der Waals surface area contributed by atoms with Crippen molar-refractivity contribution < 1.29 is 23.1 Å². The molecule has 0 heterocycles. The number of aliphatic carboxylic acids is 1. The highest BCUT2D eigenvalue weighted by Gasteiger charge is 2.12. The standard InChI is InChI=1S/C11H14O5S/c1-2-17(14,15)10-5-3-4-9(8-10)16-7-6-11(12)13/h3-5,8H,2,6-7H2,1H3,(H,12,13). The van der Waals surface area contributed by atoms with E-state index in [0.29, 0.717) is 5.75 Å². The van der Waals surface area contributed by atoms with Crippen LogP contribution < -0.4 is 4.74 Å². The molecule has 0 aromatic heterocycles. The third kappa shape index (κ3) is 4.07. The van der Waals surface area contributed by atoms with Crippen LogP contribution in [0.3, 0.4) is 0 Å². The Balaban J connectivity index is 2.76. The van der Waals surface area contributed by atoms with Crippen LogP contribution in [0, 0.1) is 0 Å². The van der Waals surface area contributed by atoms with Gasteiger partial charge in [-0.05, 0) is 18.2 Å². The van der Waals surface area contributed by atoms with Gasteiger partial charge in [-0.1, -0.05) is 13.0 Å². The van der Waals surface area contributed by atoms with Crippen LogP contribution in [-0.2, 0) is 14.6 Å². The number of sulfone groups is 1. The highest BCUT2D eigenvalue weighted by atomic mass is 32.2. The second kappa shape index (κ2) is 5.67. The van der Waals surface area contributed by atoms with E-state index in [0.717, 1.165) is 0 Å². The summed E-state index contributed by atoms with van der Waals surface area (Å²) in [6, 6.07) is 6.05. The smallest absolute Gasteiger partial charge is 0.306 e. The van der Waals surface area contributed by atoms with Gasteiger partial charge in [-0.15, -0.1) is 0 Å². The Morgan fingerprint density at radius 3 is 2.71 bits per heavy atom. The van der Waals surface area contributed by atoms with E-state index in [9.17, 15) is 13.2 Å². The van der Waals surface area contributed by atoms with E-state index in [4.69, 9.17) is 9.84 Å². The van der Waals surface area contributed by atoms with Crippen molar-refractivity contribution >= 4 is 15.8 Å². The average molecular weight is 258 g/mol. The molecule has 17 heavy (non-hydrogen) atoms. The summed E-state index contributed by atoms with van der Waals surface area (Å²) in [7, 11) is -3.26. The first kappa shape index (κ1) is 13.5. The predicted octanol–water partition coefficient (Wildman–Crippen LogP) is 1.33. The number of carboxylic acids is 1. The summed E-state index contributed by atoms with van der Waals surface area (Å²) < 4.78 is 28.3. The lowest BCUT2D eigenvalue weighted by atomic mass is 10.3. The van der Waals surface area contributed by atoms with Crippen LogP contribution in [0.25, 0.3) is 0 Å². The largest absolute Gasteiger partial charge is 0.493 e. The van der Waals surface area contributed by atoms with Crippen molar-refractivity contribution in [2.45, 2.75) is 18.2 Å². The molecule has 1 aromatic carbocycles. The number of ether oxygens (including phenoxy) is 1. The van der Waals surface area contributed by atoms with Gasteiger partial charge in [0.2, 0.25) is 0 Å². The first-order valence-corrected chi connectivity index (χ1v) is 6.78. The van der Waals surface area contributed by atoms with E-state index in [1.807, 2.05) is 0 Å². The van der Waals surface area contributed by atoms with Crippen molar-refractivity contribution in [3.8, 4) is 5.75 Å². The fourth-order valence-electron chi connectivity index (χ4n) is 1.18. The molecule has 0 atom stereocenters. The SMILES string of the molecule is CCS(=O)(=O)c1cccc(OCCC(=O)O)c1. The Morgan fingerprint density at radius 1 is 1.41 bits per heavy atom. The van der Waals surface area contributed by atoms with Crippen molar-refractivity contribution in [1.29, 1.82) is 0 Å². The minimum atomic E-state index is -3.26. The summed E-state index contributed by atoms with van der Waals surface area (Å²) in [5.41, 5.74) is 0. The van der Waals surface area contributed by atoms with E-state index in [-0.39, 0.29) is 23.7 Å². The Labute approximate surface area is 100.0 Å². The second-order valence-corrected chi connectivity index (χ2v) is 5.65. The molecule has 1 N–H and O–H groups in total. The summed E-state index contributed by atoms with van der Waals surface area (Å²) >= 11 is 0. The maximum Gasteiger partial charge on any atom is 0.306 e. The van der Waals surface area contributed by atoms with Gasteiger partial charge in [0, 0.05) is 0 Å². The minimum absolute atomic E-state index is 0.0188. The minimum Gasteiger partial charge on any atom is -0.493 e. The molecule has 6 heteroatoms. The number of carbonyl (C=O) groups is 1. The van der Waals surface area contributed by atoms with Gasteiger partial charge in [0.05, 0.1) is 23.7 Å². The van der Waals surface area contributed by atoms with E-state index < -0.39 is 15.8 Å². The maximum absolute atomic E-state index is 11.6. The van der Waals surface area contributed by atoms with Gasteiger partial charge in [0.1, 0.15) is 5.75 Å². The molecule has 0 radical (unpaired) electrons. The van der Waals surface area contributed by atoms with Gasteiger partial charge in [-0.3, -0.25) is 4.79 Å². The lowest BCUT2D eigenvalue weighted by Gasteiger charge is -2.06. The molecule has 0 aliphatic rings. The molecule has 1 aromatic rings. The number of benzene rings is 1. The zero-order valence-corrected chi connectivity index (χ0v) is 10.2. The summed E-state index contributed by atoms with van der Waals surface area (Å²) in [4.78, 5) is 10.5. The molecule has 0 saturated heterocycles. The van der Waals surface area contributed by atoms with Crippen LogP contribution in [0.15, 0.2) is 29.2 Å². The summed E-state index contributed by atoms with van der Waals surface area (Å²) in [5.74, 6) is -0.575. The first-order valence-electron chi connectivity index (χ1n) is 5.13. The van der Waals surface area contributed by atoms with Crippen molar-refractivity contribution in [2.75, 3.05) is 12.4 Å². The molecular weight excluding hydrogens is 244 g/mol. The van der Waals surface area contributed by atoms with E-state index in [1.165, 1.54) is 12.1 Å². The molecule has 0 aliphatic heterocycles. The zero-order chi connectivity index (χ0) is 12.9. The molecule has 0 aliphatic carbocycles. The number of carboxylic acid groups (broad SMARTS) is 1. The van der Waals surface area contributed by atoms with Gasteiger partial charge >= 0.3 is 5.97 Å². The molecule has 94 valence electrons. The Hall–Kier alpha value is -1.56. The predicted molar refractivity (Wildman–Crippen MR) is 61.9 cm³/mol. The lowest BCUT2D eigenvalue weighted by molar-refractivity contribution is -0.137. The Morgan fingerprint density at radius 2 is 2.12 bits per heavy atom. The second-order valence-electron chi connectivity index (χ2n) is 3.37. The molecule has 0 bridgehead atoms. The third-order valence-electron chi connectivity index (χ3n) is 2.13. The number of hydrogen-bond acceptors (Lipinski definition) is 4. The molecule has 5 nitrogen and oxygen atoms in total. The quantitative estimate of drug-likeness (QED) is 0.832. The molecule has 1 rings (SSSR count). The van der Waals surface area contributed by atoms with Crippen LogP contribution in [0.1, 0.15) is 13.3 Å². The van der Waals surface area contributed by atoms with Crippen molar-refractivity contribution in [2.24, 2.45) is 0 Å². The van der Waals surface area contributed by atoms with Crippen molar-refractivity contribution in [1.82, 2.24) is 0 Å². The Kier molecular flexibility index (Phi) is 4.51. The summed E-state index contributed by atoms with van der Waals surface area (Å²) in [5, 5.41) is 8.44. The highest BCUT2D eigenvalue weighted by molar-refractivity contribution is 7.91. The molecule has 0 unspecified atom stereocenters. The fraction of sp³-hybridized carbons (Fsp3) is 0.364. The highest BCUT2D eigenvalue weighted by Crippen LogP contribution is 2.18. The van der Waals surface area contributed by atoms with Crippen LogP contribution in [0.2, 0.25) is 0 Å². The lowest BCUT2D eigenvalue weighted by Crippen LogP contribution is -2.06. The number of rotatable bonds is 6. The van der Waals surface area contributed by atoms with Crippen LogP contribution in [0.4, 0.5) is 0 Å². The van der Waals surface area contributed by atoms with Gasteiger partial charge in [0.25, 0.3) is 0 Å². The summed E-state index contributed by atoms with van der Waals surface area (Å²) in [6.07, 6.45) is -0.120. The van der Waals surface area contributed by atoms with E-state index in [2.05, 4.69) is 0 Å². The molecule has 0 amide bonds. The van der Waals surface area contributed by atoms with Crippen LogP contribution in [0.5, 0.6) is 5.75 Å². The molecular formula is C11H14O5S. The molecule has 0 spiro atoms. The van der Waals surface area contributed by atoms with Crippen molar-refractivity contribution in [3.63, 3.8) is 0 Å². The normalized spacial score (nSPS) is 11.1. The third-order valence-corrected chi connectivity index (χ3v) is 3.86. The van der Waals surface area contributed by atoms with Gasteiger partial charge in [0.15, 0.2) is 9.84 Å². The van der Waals surface area contributed by atoms with Gasteiger partial charge in [-0.25, -0.2) is 8.42 Å². The first-order chi connectivity index (χ1) is 7.95. The Bertz CT molecular complexity index is 492. The van der Waals surface area contributed by atoms with E-state index in [1.54, 1.807) is 19.1 Å².